The molecule has 0 saturated heterocycles. The minimum absolute atomic E-state index is 0.0638. The predicted molar refractivity (Wildman–Crippen MR) is 99.9 cm³/mol. The van der Waals surface area contributed by atoms with Gasteiger partial charge in [0.2, 0.25) is 5.91 Å². The van der Waals surface area contributed by atoms with E-state index in [2.05, 4.69) is 21.2 Å². The van der Waals surface area contributed by atoms with E-state index in [0.717, 1.165) is 15.7 Å². The van der Waals surface area contributed by atoms with E-state index < -0.39 is 0 Å². The molecule has 6 heteroatoms. The molecule has 0 radical (unpaired) electrons. The molecule has 0 fully saturated rings. The van der Waals surface area contributed by atoms with Crippen LogP contribution in [0, 0.1) is 18.3 Å². The average Bonchev–Trinajstić information content (AvgIpc) is 2.62. The molecule has 0 spiro atoms. The highest BCUT2D eigenvalue weighted by Gasteiger charge is 2.07. The van der Waals surface area contributed by atoms with Gasteiger partial charge in [-0.25, -0.2) is 0 Å². The highest BCUT2D eigenvalue weighted by molar-refractivity contribution is 9.10. The largest absolute Gasteiger partial charge is 0.493 e. The maximum absolute atomic E-state index is 12.0. The number of hydrogen-bond donors (Lipinski definition) is 1. The lowest BCUT2D eigenvalue weighted by Crippen LogP contribution is -2.13. The Morgan fingerprint density at radius 3 is 2.72 bits per heavy atom. The number of nitrogens with one attached hydrogen (secondary N) is 1. The zero-order valence-electron chi connectivity index (χ0n) is 14.1. The van der Waals surface area contributed by atoms with Gasteiger partial charge in [-0.2, -0.15) is 5.26 Å². The summed E-state index contributed by atoms with van der Waals surface area (Å²) in [6.07, 6.45) is 0.923. The Bertz CT molecular complexity index is 800. The minimum Gasteiger partial charge on any atom is -0.493 e. The Labute approximate surface area is 155 Å². The summed E-state index contributed by atoms with van der Waals surface area (Å²) in [7, 11) is 1.52. The summed E-state index contributed by atoms with van der Waals surface area (Å²) in [5.74, 6) is 1.00. The molecule has 0 aliphatic rings. The summed E-state index contributed by atoms with van der Waals surface area (Å²) < 4.78 is 11.8. The monoisotopic (exact) mass is 402 g/mol. The number of nitriles is 1. The number of hydrogen-bond acceptors (Lipinski definition) is 4. The lowest BCUT2D eigenvalue weighted by molar-refractivity contribution is -0.116. The van der Waals surface area contributed by atoms with Crippen molar-refractivity contribution in [3.05, 3.63) is 52.0 Å². The number of amides is 1. The van der Waals surface area contributed by atoms with Crippen LogP contribution in [-0.4, -0.2) is 19.6 Å². The molecule has 2 aromatic rings. The molecule has 0 unspecified atom stereocenters. The van der Waals surface area contributed by atoms with E-state index in [9.17, 15) is 4.79 Å². The quantitative estimate of drug-likeness (QED) is 0.694. The van der Waals surface area contributed by atoms with Crippen LogP contribution in [0.4, 0.5) is 5.69 Å². The second-order valence-electron chi connectivity index (χ2n) is 5.44. The summed E-state index contributed by atoms with van der Waals surface area (Å²) in [5, 5.41) is 11.7. The third kappa shape index (κ3) is 5.50. The van der Waals surface area contributed by atoms with Crippen LogP contribution in [0.2, 0.25) is 0 Å². The molecule has 0 atom stereocenters. The molecule has 1 N–H and O–H groups in total. The number of aryl methyl sites for hydroxylation is 1. The van der Waals surface area contributed by atoms with Gasteiger partial charge in [0.05, 0.1) is 25.3 Å². The van der Waals surface area contributed by atoms with Gasteiger partial charge in [-0.15, -0.1) is 0 Å². The number of anilines is 1. The Morgan fingerprint density at radius 1 is 1.24 bits per heavy atom. The van der Waals surface area contributed by atoms with Gasteiger partial charge in [0.1, 0.15) is 0 Å². The molecule has 2 rings (SSSR count). The van der Waals surface area contributed by atoms with E-state index in [0.29, 0.717) is 36.5 Å². The van der Waals surface area contributed by atoms with Crippen molar-refractivity contribution in [3.8, 4) is 17.6 Å². The fourth-order valence-electron chi connectivity index (χ4n) is 2.17. The molecule has 0 aromatic heterocycles. The van der Waals surface area contributed by atoms with E-state index in [4.69, 9.17) is 14.7 Å². The van der Waals surface area contributed by atoms with Crippen LogP contribution in [0.1, 0.15) is 24.0 Å². The second-order valence-corrected chi connectivity index (χ2v) is 6.30. The first-order chi connectivity index (χ1) is 12.0. The number of rotatable bonds is 7. The lowest BCUT2D eigenvalue weighted by atomic mass is 10.2. The summed E-state index contributed by atoms with van der Waals surface area (Å²) in [6.45, 7) is 2.37. The smallest absolute Gasteiger partial charge is 0.224 e. The Kier molecular flexibility index (Phi) is 6.84. The van der Waals surface area contributed by atoms with Crippen molar-refractivity contribution in [2.45, 2.75) is 19.8 Å². The van der Waals surface area contributed by atoms with Crippen molar-refractivity contribution in [2.24, 2.45) is 0 Å². The number of nitrogens with zero attached hydrogens (tertiary/aromatic N) is 1. The van der Waals surface area contributed by atoms with Crippen molar-refractivity contribution in [1.29, 1.82) is 5.26 Å². The molecule has 0 heterocycles. The first-order valence-corrected chi connectivity index (χ1v) is 8.59. The molecule has 0 saturated carbocycles. The van der Waals surface area contributed by atoms with Gasteiger partial charge in [0, 0.05) is 22.6 Å². The second kappa shape index (κ2) is 9.09. The summed E-state index contributed by atoms with van der Waals surface area (Å²) in [5.41, 5.74) is 2.38. The molecule has 0 aliphatic heterocycles. The zero-order chi connectivity index (χ0) is 18.2. The Balaban J connectivity index is 1.80. The molecule has 130 valence electrons. The first-order valence-electron chi connectivity index (χ1n) is 7.80. The van der Waals surface area contributed by atoms with Crippen LogP contribution in [0.5, 0.6) is 11.5 Å². The van der Waals surface area contributed by atoms with Crippen LogP contribution in [-0.2, 0) is 4.79 Å². The number of methoxy groups -OCH3 is 1. The van der Waals surface area contributed by atoms with E-state index in [-0.39, 0.29) is 5.91 Å². The van der Waals surface area contributed by atoms with E-state index in [1.165, 1.54) is 7.11 Å². The van der Waals surface area contributed by atoms with E-state index >= 15 is 0 Å². The Morgan fingerprint density at radius 2 is 2.04 bits per heavy atom. The van der Waals surface area contributed by atoms with Gasteiger partial charge in [0.15, 0.2) is 11.5 Å². The number of ether oxygens (including phenoxy) is 2. The number of carbonyl (C=O) groups is 1. The average molecular weight is 403 g/mol. The van der Waals surface area contributed by atoms with Crippen LogP contribution in [0.3, 0.4) is 0 Å². The highest BCUT2D eigenvalue weighted by Crippen LogP contribution is 2.28. The maximum Gasteiger partial charge on any atom is 0.224 e. The number of benzene rings is 2. The third-order valence-corrected chi connectivity index (χ3v) is 4.41. The van der Waals surface area contributed by atoms with Gasteiger partial charge in [-0.1, -0.05) is 22.0 Å². The van der Waals surface area contributed by atoms with Crippen LogP contribution >= 0.6 is 15.9 Å². The summed E-state index contributed by atoms with van der Waals surface area (Å²) in [4.78, 5) is 12.0. The van der Waals surface area contributed by atoms with Crippen molar-refractivity contribution in [1.82, 2.24) is 0 Å². The zero-order valence-corrected chi connectivity index (χ0v) is 15.7. The summed E-state index contributed by atoms with van der Waals surface area (Å²) >= 11 is 3.45. The molecule has 1 amide bonds. The SMILES string of the molecule is COc1cc(C#N)ccc1OCCCC(=O)Nc1ccc(C)c(Br)c1. The van der Waals surface area contributed by atoms with E-state index in [1.807, 2.05) is 31.2 Å². The van der Waals surface area contributed by atoms with Gasteiger partial charge < -0.3 is 14.8 Å². The van der Waals surface area contributed by atoms with Crippen LogP contribution in [0.25, 0.3) is 0 Å². The molecular weight excluding hydrogens is 384 g/mol. The van der Waals surface area contributed by atoms with Gasteiger partial charge in [-0.05, 0) is 43.2 Å². The standard InChI is InChI=1S/C19H19BrN2O3/c1-13-5-7-15(11-16(13)20)22-19(23)4-3-9-25-17-8-6-14(12-21)10-18(17)24-2/h5-8,10-11H,3-4,9H2,1-2H3,(H,22,23). The van der Waals surface area contributed by atoms with Crippen molar-refractivity contribution >= 4 is 27.5 Å². The normalized spacial score (nSPS) is 10.0. The lowest BCUT2D eigenvalue weighted by Gasteiger charge is -2.11. The van der Waals surface area contributed by atoms with Gasteiger partial charge in [0.25, 0.3) is 0 Å². The highest BCUT2D eigenvalue weighted by atomic mass is 79.9. The third-order valence-electron chi connectivity index (χ3n) is 3.55. The van der Waals surface area contributed by atoms with Crippen molar-refractivity contribution in [3.63, 3.8) is 0 Å². The first kappa shape index (κ1) is 18.8. The molecule has 2 aromatic carbocycles. The van der Waals surface area contributed by atoms with Crippen LogP contribution in [0.15, 0.2) is 40.9 Å². The number of halogens is 1. The van der Waals surface area contributed by atoms with Gasteiger partial charge in [-0.3, -0.25) is 4.79 Å². The molecule has 0 bridgehead atoms. The van der Waals surface area contributed by atoms with Crippen LogP contribution < -0.4 is 14.8 Å². The van der Waals surface area contributed by atoms with Crippen molar-refractivity contribution in [2.75, 3.05) is 19.0 Å². The van der Waals surface area contributed by atoms with E-state index in [1.54, 1.807) is 18.2 Å². The minimum atomic E-state index is -0.0638. The molecule has 0 aliphatic carbocycles. The Hall–Kier alpha value is -2.52. The molecular formula is C19H19BrN2O3. The van der Waals surface area contributed by atoms with Gasteiger partial charge >= 0.3 is 0 Å². The molecule has 25 heavy (non-hydrogen) atoms. The number of carbonyl (C=O) groups excluding carboxylic acids is 1. The topological polar surface area (TPSA) is 71.3 Å². The fourth-order valence-corrected chi connectivity index (χ4v) is 2.54. The summed E-state index contributed by atoms with van der Waals surface area (Å²) in [6, 6.07) is 12.7. The predicted octanol–water partition coefficient (Wildman–Crippen LogP) is 4.44. The maximum atomic E-state index is 12.0. The fraction of sp³-hybridized carbons (Fsp3) is 0.263. The molecule has 5 nitrogen and oxygen atoms in total. The van der Waals surface area contributed by atoms with Crippen molar-refractivity contribution < 1.29 is 14.3 Å².